The van der Waals surface area contributed by atoms with Crippen LogP contribution < -0.4 is 9.46 Å². The molecule has 0 spiro atoms. The molecule has 0 saturated heterocycles. The molecule has 2 N–H and O–H groups in total. The Hall–Kier alpha value is -1.60. The van der Waals surface area contributed by atoms with E-state index < -0.39 is 0 Å². The monoisotopic (exact) mass is 497 g/mol. The van der Waals surface area contributed by atoms with Gasteiger partial charge in [-0.2, -0.15) is 0 Å². The first-order chi connectivity index (χ1) is 15.5. The molecule has 3 rings (SSSR count). The second kappa shape index (κ2) is 12.6. The number of hydrogen-bond acceptors (Lipinski definition) is 4. The SMILES string of the molecule is CN(C)CCCCCCCCOc1cccc(SNc2ccc(Cl)c3c(Cl)c[nH]c23)c1F. The van der Waals surface area contributed by atoms with Crippen LogP contribution in [0.4, 0.5) is 10.1 Å². The van der Waals surface area contributed by atoms with E-state index in [0.717, 1.165) is 36.0 Å². The Morgan fingerprint density at radius 2 is 1.75 bits per heavy atom. The number of hydrogen-bond donors (Lipinski definition) is 2. The number of nitrogens with zero attached hydrogens (tertiary/aromatic N) is 1. The van der Waals surface area contributed by atoms with Crippen LogP contribution in [0.25, 0.3) is 10.9 Å². The molecule has 0 atom stereocenters. The maximum absolute atomic E-state index is 14.9. The van der Waals surface area contributed by atoms with Gasteiger partial charge in [-0.3, -0.25) is 0 Å². The third-order valence-electron chi connectivity index (χ3n) is 5.19. The lowest BCUT2D eigenvalue weighted by atomic mass is 10.1. The van der Waals surface area contributed by atoms with Gasteiger partial charge in [-0.15, -0.1) is 0 Å². The van der Waals surface area contributed by atoms with E-state index in [1.54, 1.807) is 30.5 Å². The number of ether oxygens (including phenoxy) is 1. The Morgan fingerprint density at radius 1 is 1.00 bits per heavy atom. The van der Waals surface area contributed by atoms with Crippen molar-refractivity contribution >= 4 is 51.7 Å². The van der Waals surface area contributed by atoms with E-state index in [2.05, 4.69) is 28.7 Å². The van der Waals surface area contributed by atoms with Gasteiger partial charge in [0.2, 0.25) is 0 Å². The van der Waals surface area contributed by atoms with Crippen molar-refractivity contribution in [3.05, 3.63) is 52.4 Å². The van der Waals surface area contributed by atoms with Gasteiger partial charge in [-0.05, 0) is 69.7 Å². The fourth-order valence-electron chi connectivity index (χ4n) is 3.46. The summed E-state index contributed by atoms with van der Waals surface area (Å²) < 4.78 is 23.8. The van der Waals surface area contributed by atoms with Gasteiger partial charge in [0.05, 0.1) is 32.8 Å². The number of nitrogens with one attached hydrogen (secondary N) is 2. The second-order valence-corrected chi connectivity index (χ2v) is 9.69. The third-order valence-corrected chi connectivity index (χ3v) is 6.66. The molecule has 2 aromatic carbocycles. The third kappa shape index (κ3) is 6.95. The van der Waals surface area contributed by atoms with Crippen LogP contribution in [0, 0.1) is 5.82 Å². The predicted molar refractivity (Wildman–Crippen MR) is 136 cm³/mol. The molecule has 32 heavy (non-hydrogen) atoms. The number of benzene rings is 2. The number of halogens is 3. The molecular weight excluding hydrogens is 468 g/mol. The molecule has 0 radical (unpaired) electrons. The van der Waals surface area contributed by atoms with Crippen molar-refractivity contribution in [2.45, 2.75) is 43.4 Å². The summed E-state index contributed by atoms with van der Waals surface area (Å²) in [7, 11) is 4.21. The molecule has 0 aliphatic carbocycles. The van der Waals surface area contributed by atoms with Gasteiger partial charge in [0, 0.05) is 11.6 Å². The summed E-state index contributed by atoms with van der Waals surface area (Å²) in [6, 6.07) is 8.80. The van der Waals surface area contributed by atoms with Crippen LogP contribution in [-0.4, -0.2) is 37.1 Å². The fraction of sp³-hybridized carbons (Fsp3) is 0.417. The van der Waals surface area contributed by atoms with Crippen LogP contribution in [0.15, 0.2) is 41.4 Å². The lowest BCUT2D eigenvalue weighted by molar-refractivity contribution is 0.287. The Balaban J connectivity index is 1.46. The predicted octanol–water partition coefficient (Wildman–Crippen LogP) is 8.01. The largest absolute Gasteiger partial charge is 0.490 e. The van der Waals surface area contributed by atoms with Crippen LogP contribution in [0.1, 0.15) is 38.5 Å². The summed E-state index contributed by atoms with van der Waals surface area (Å²) in [5, 5.41) is 1.86. The zero-order valence-corrected chi connectivity index (χ0v) is 20.8. The van der Waals surface area contributed by atoms with Gasteiger partial charge >= 0.3 is 0 Å². The highest BCUT2D eigenvalue weighted by atomic mass is 35.5. The van der Waals surface area contributed by atoms with Gasteiger partial charge in [-0.25, -0.2) is 4.39 Å². The molecular formula is C24H30Cl2FN3OS. The zero-order chi connectivity index (χ0) is 22.9. The summed E-state index contributed by atoms with van der Waals surface area (Å²) >= 11 is 13.6. The average Bonchev–Trinajstić information content (AvgIpc) is 3.16. The van der Waals surface area contributed by atoms with E-state index in [4.69, 9.17) is 27.9 Å². The molecule has 1 aromatic heterocycles. The fourth-order valence-corrected chi connectivity index (χ4v) is 4.75. The zero-order valence-electron chi connectivity index (χ0n) is 18.5. The van der Waals surface area contributed by atoms with Gasteiger partial charge < -0.3 is 19.3 Å². The van der Waals surface area contributed by atoms with Crippen LogP contribution >= 0.6 is 35.1 Å². The number of anilines is 1. The molecule has 0 unspecified atom stereocenters. The summed E-state index contributed by atoms with van der Waals surface area (Å²) in [5.74, 6) is -0.0737. The molecule has 0 aliphatic heterocycles. The molecule has 0 saturated carbocycles. The van der Waals surface area contributed by atoms with E-state index in [-0.39, 0.29) is 11.6 Å². The number of fused-ring (bicyclic) bond motifs is 1. The number of aromatic amines is 1. The molecule has 0 amide bonds. The maximum Gasteiger partial charge on any atom is 0.180 e. The smallest absolute Gasteiger partial charge is 0.180 e. The van der Waals surface area contributed by atoms with E-state index in [1.807, 2.05) is 6.07 Å². The summed E-state index contributed by atoms with van der Waals surface area (Å²) in [4.78, 5) is 5.79. The highest BCUT2D eigenvalue weighted by Gasteiger charge is 2.13. The molecule has 8 heteroatoms. The molecule has 4 nitrogen and oxygen atoms in total. The van der Waals surface area contributed by atoms with E-state index in [0.29, 0.717) is 21.5 Å². The first-order valence-electron chi connectivity index (χ1n) is 10.9. The summed E-state index contributed by atoms with van der Waals surface area (Å²) in [6.45, 7) is 1.67. The molecule has 0 bridgehead atoms. The minimum Gasteiger partial charge on any atom is -0.490 e. The van der Waals surface area contributed by atoms with E-state index >= 15 is 0 Å². The topological polar surface area (TPSA) is 40.3 Å². The van der Waals surface area contributed by atoms with Crippen molar-refractivity contribution in [1.82, 2.24) is 9.88 Å². The van der Waals surface area contributed by atoms with Crippen molar-refractivity contribution in [2.75, 3.05) is 32.0 Å². The first kappa shape index (κ1) is 25.0. The summed E-state index contributed by atoms with van der Waals surface area (Å²) in [6.07, 6.45) is 8.65. The van der Waals surface area contributed by atoms with Crippen molar-refractivity contribution in [2.24, 2.45) is 0 Å². The van der Waals surface area contributed by atoms with Gasteiger partial charge in [0.1, 0.15) is 0 Å². The number of unbranched alkanes of at least 4 members (excludes halogenated alkanes) is 5. The molecule has 0 aliphatic rings. The lowest BCUT2D eigenvalue weighted by Gasteiger charge is -2.12. The number of aromatic nitrogens is 1. The minimum atomic E-state index is -0.358. The Bertz CT molecular complexity index is 1010. The van der Waals surface area contributed by atoms with Crippen LogP contribution in [0.2, 0.25) is 10.0 Å². The Kier molecular flexibility index (Phi) is 9.85. The van der Waals surface area contributed by atoms with Crippen LogP contribution in [-0.2, 0) is 0 Å². The second-order valence-electron chi connectivity index (χ2n) is 8.03. The number of H-pyrrole nitrogens is 1. The number of rotatable bonds is 13. The van der Waals surface area contributed by atoms with Gasteiger partial charge in [0.25, 0.3) is 0 Å². The average molecular weight is 498 g/mol. The van der Waals surface area contributed by atoms with Crippen molar-refractivity contribution in [3.63, 3.8) is 0 Å². The summed E-state index contributed by atoms with van der Waals surface area (Å²) in [5.41, 5.74) is 1.56. The molecule has 1 heterocycles. The standard InChI is InChI=1S/C24H30Cl2FN3OS/c1-30(2)14-7-5-3-4-6-8-15-31-20-10-9-11-21(23(20)27)32-29-19-13-12-17(25)22-18(26)16-28-24(19)22/h9-13,16,28-29H,3-8,14-15H2,1-2H3. The molecule has 3 aromatic rings. The molecule has 174 valence electrons. The minimum absolute atomic E-state index is 0.284. The van der Waals surface area contributed by atoms with Crippen molar-refractivity contribution in [3.8, 4) is 5.75 Å². The van der Waals surface area contributed by atoms with E-state index in [9.17, 15) is 4.39 Å². The highest BCUT2D eigenvalue weighted by molar-refractivity contribution is 8.00. The quantitative estimate of drug-likeness (QED) is 0.185. The Morgan fingerprint density at radius 3 is 2.53 bits per heavy atom. The van der Waals surface area contributed by atoms with Crippen molar-refractivity contribution < 1.29 is 9.13 Å². The normalized spacial score (nSPS) is 11.4. The van der Waals surface area contributed by atoms with Gasteiger partial charge in [0.15, 0.2) is 11.6 Å². The Labute approximate surface area is 203 Å². The van der Waals surface area contributed by atoms with Crippen molar-refractivity contribution in [1.29, 1.82) is 0 Å². The highest BCUT2D eigenvalue weighted by Crippen LogP contribution is 2.37. The van der Waals surface area contributed by atoms with E-state index in [1.165, 1.54) is 37.6 Å². The van der Waals surface area contributed by atoms with Crippen LogP contribution in [0.3, 0.4) is 0 Å². The van der Waals surface area contributed by atoms with Crippen LogP contribution in [0.5, 0.6) is 5.75 Å². The van der Waals surface area contributed by atoms with Gasteiger partial charge in [-0.1, -0.05) is 55.0 Å². The lowest BCUT2D eigenvalue weighted by Crippen LogP contribution is -2.12. The molecule has 0 fully saturated rings. The first-order valence-corrected chi connectivity index (χ1v) is 12.5. The maximum atomic E-state index is 14.9.